The molecule has 3 aromatic heterocycles. The minimum Gasteiger partial charge on any atom is -0.360 e. The van der Waals surface area contributed by atoms with E-state index in [0.29, 0.717) is 37.4 Å². The molecule has 78 heavy (non-hydrogen) atoms. The van der Waals surface area contributed by atoms with Crippen molar-refractivity contribution in [2.75, 3.05) is 29.4 Å². The average Bonchev–Trinajstić information content (AvgIpc) is 3.46. The molecule has 388 valence electrons. The van der Waals surface area contributed by atoms with Gasteiger partial charge in [-0.3, -0.25) is 24.4 Å². The zero-order chi connectivity index (χ0) is 55.3. The molecule has 3 amide bonds. The molecule has 0 saturated heterocycles. The fourth-order valence-corrected chi connectivity index (χ4v) is 12.6. The van der Waals surface area contributed by atoms with Crippen LogP contribution in [-0.4, -0.2) is 64.0 Å². The highest BCUT2D eigenvalue weighted by Crippen LogP contribution is 2.55. The molecule has 1 N–H and O–H groups in total. The van der Waals surface area contributed by atoms with Crippen molar-refractivity contribution in [1.82, 2.24) is 20.4 Å². The second-order valence-electron chi connectivity index (χ2n) is 21.6. The lowest BCUT2D eigenvalue weighted by molar-refractivity contribution is -0.127. The summed E-state index contributed by atoms with van der Waals surface area (Å²) in [5, 5.41) is 6.99. The summed E-state index contributed by atoms with van der Waals surface area (Å²) in [6.45, 7) is 27.7. The summed E-state index contributed by atoms with van der Waals surface area (Å²) in [4.78, 5) is 85.2. The summed E-state index contributed by atoms with van der Waals surface area (Å²) in [5.41, 5.74) is 2.23. The summed E-state index contributed by atoms with van der Waals surface area (Å²) in [6, 6.07) is 36.0. The fraction of sp³-hybridized carbons (Fsp3) is 0.250. The Morgan fingerprint density at radius 1 is 0.538 bits per heavy atom. The molecule has 12 rings (SSSR count). The number of fused-ring (bicyclic) bond motifs is 4. The molecule has 0 bridgehead atoms. The number of nitrogens with zero attached hydrogens (tertiary/aromatic N) is 7. The number of Topliss-reactive ketones (excluding diaryl/α,β-unsaturated/α-hetero) is 2. The molecule has 3 aliphatic carbocycles. The largest absolute Gasteiger partial charge is 0.360 e. The van der Waals surface area contributed by atoms with Gasteiger partial charge in [0.15, 0.2) is 11.6 Å². The summed E-state index contributed by atoms with van der Waals surface area (Å²) >= 11 is 0. The molecule has 14 heteroatoms. The van der Waals surface area contributed by atoms with E-state index in [9.17, 15) is 24.0 Å². The van der Waals surface area contributed by atoms with E-state index >= 15 is 0 Å². The Balaban J connectivity index is 0.000000133. The minimum atomic E-state index is -1.19. The SMILES string of the molecule is CC1(C)C2=CCNC(=O)C2(c2ccccc2)Cc2cnoc21.[C-]#[N+]C1=C[C@@]2(c3ccccc3)C(=O)N(c3cccnc3)CC=C2C(C)(C)C1=O.[C-]#[N+]C1=C[C@]2(c3ccccc3)C(=O)N(c3cccnc3)CC=C2C(C)(C)C1=O. The maximum Gasteiger partial charge on any atom is 0.244 e. The van der Waals surface area contributed by atoms with Crippen molar-refractivity contribution in [3.8, 4) is 0 Å². The number of carbonyl (C=O) groups is 5. The van der Waals surface area contributed by atoms with Crippen molar-refractivity contribution >= 4 is 40.7 Å². The fourth-order valence-electron chi connectivity index (χ4n) is 12.6. The van der Waals surface area contributed by atoms with Crippen LogP contribution >= 0.6 is 0 Å². The Morgan fingerprint density at radius 2 is 0.987 bits per heavy atom. The first-order valence-electron chi connectivity index (χ1n) is 25.7. The predicted octanol–water partition coefficient (Wildman–Crippen LogP) is 9.91. The minimum absolute atomic E-state index is 0.00684. The van der Waals surface area contributed by atoms with Crippen LogP contribution in [-0.2, 0) is 52.1 Å². The van der Waals surface area contributed by atoms with Crippen LogP contribution in [0.25, 0.3) is 9.69 Å². The monoisotopic (exact) mass is 1030 g/mol. The van der Waals surface area contributed by atoms with Gasteiger partial charge in [0.25, 0.3) is 0 Å². The first kappa shape index (κ1) is 52.1. The number of allylic oxidation sites excluding steroid dienone is 2. The van der Waals surface area contributed by atoms with Crippen LogP contribution in [0.3, 0.4) is 0 Å². The van der Waals surface area contributed by atoms with Gasteiger partial charge in [-0.25, -0.2) is 9.69 Å². The molecular formula is C64H56N8O6. The number of benzene rings is 3. The van der Waals surface area contributed by atoms with Crippen LogP contribution in [0.1, 0.15) is 69.6 Å². The molecule has 1 unspecified atom stereocenters. The third-order valence-electron chi connectivity index (χ3n) is 16.3. The number of anilines is 2. The molecule has 6 aliphatic rings. The number of pyridine rings is 2. The molecule has 3 aromatic carbocycles. The van der Waals surface area contributed by atoms with Crippen LogP contribution < -0.4 is 15.1 Å². The number of hydrogen-bond donors (Lipinski definition) is 1. The Morgan fingerprint density at radius 3 is 1.41 bits per heavy atom. The van der Waals surface area contributed by atoms with Crippen molar-refractivity contribution in [3.63, 3.8) is 0 Å². The summed E-state index contributed by atoms with van der Waals surface area (Å²) in [5.74, 6) is 0.0962. The van der Waals surface area contributed by atoms with Crippen LogP contribution in [0.5, 0.6) is 0 Å². The zero-order valence-corrected chi connectivity index (χ0v) is 44.2. The van der Waals surface area contributed by atoms with Crippen molar-refractivity contribution in [1.29, 1.82) is 0 Å². The topological polar surface area (TPSA) is 164 Å². The van der Waals surface area contributed by atoms with Crippen molar-refractivity contribution in [2.24, 2.45) is 10.8 Å². The van der Waals surface area contributed by atoms with Crippen molar-refractivity contribution in [3.05, 3.63) is 256 Å². The lowest BCUT2D eigenvalue weighted by atomic mass is 9.56. The third-order valence-corrected chi connectivity index (χ3v) is 16.3. The molecule has 0 radical (unpaired) electrons. The van der Waals surface area contributed by atoms with Gasteiger partial charge in [-0.15, -0.1) is 0 Å². The standard InChI is InChI=1S/2C23H19N3O2.C18H18N2O2/c2*1-22(2)19-11-13-26(17-10-7-12-25-15-17)21(28)23(19,14-18(24-3)20(22)27)16-8-5-4-6-9-16;1-17(2)14-8-9-19-16(21)18(14,13-6-4-3-5-7-13)10-12-11-20-22-15(12)17/h2*4-12,14-15H,13H2,1-2H3;3-8,11H,9-10H2,1-2H3,(H,19,21)/t2*23-;/m10./s1. The van der Waals surface area contributed by atoms with Gasteiger partial charge >= 0.3 is 0 Å². The van der Waals surface area contributed by atoms with Gasteiger partial charge in [0.05, 0.1) is 43.1 Å². The van der Waals surface area contributed by atoms with Crippen LogP contribution in [0, 0.1) is 24.0 Å². The summed E-state index contributed by atoms with van der Waals surface area (Å²) in [6.07, 6.45) is 18.1. The molecule has 0 spiro atoms. The van der Waals surface area contributed by atoms with Crippen molar-refractivity contribution < 1.29 is 28.5 Å². The number of aromatic nitrogens is 3. The van der Waals surface area contributed by atoms with E-state index in [4.69, 9.17) is 17.7 Å². The van der Waals surface area contributed by atoms with Crippen molar-refractivity contribution in [2.45, 2.75) is 69.6 Å². The summed E-state index contributed by atoms with van der Waals surface area (Å²) in [7, 11) is 0. The molecule has 3 atom stereocenters. The second kappa shape index (κ2) is 19.6. The van der Waals surface area contributed by atoms with Gasteiger partial charge in [-0.2, -0.15) is 0 Å². The predicted molar refractivity (Wildman–Crippen MR) is 295 cm³/mol. The number of amides is 3. The molecular weight excluding hydrogens is 977 g/mol. The molecule has 3 aliphatic heterocycles. The van der Waals surface area contributed by atoms with Gasteiger partial charge in [0.1, 0.15) is 22.0 Å². The van der Waals surface area contributed by atoms with E-state index in [1.165, 1.54) is 0 Å². The Labute approximate surface area is 453 Å². The molecule has 6 aromatic rings. The van der Waals surface area contributed by atoms with E-state index < -0.39 is 27.1 Å². The van der Waals surface area contributed by atoms with Gasteiger partial charge in [0, 0.05) is 53.8 Å². The number of hydrogen-bond acceptors (Lipinski definition) is 9. The van der Waals surface area contributed by atoms with Gasteiger partial charge in [0.2, 0.25) is 29.1 Å². The molecule has 14 nitrogen and oxygen atoms in total. The van der Waals surface area contributed by atoms with E-state index in [1.807, 2.05) is 115 Å². The van der Waals surface area contributed by atoms with E-state index in [0.717, 1.165) is 44.7 Å². The Kier molecular flexibility index (Phi) is 13.1. The Hall–Kier alpha value is -9.40. The number of nitrogens with one attached hydrogen (secondary N) is 1. The first-order valence-corrected chi connectivity index (χ1v) is 25.7. The molecule has 6 heterocycles. The highest BCUT2D eigenvalue weighted by molar-refractivity contribution is 6.15. The maximum atomic E-state index is 13.9. The summed E-state index contributed by atoms with van der Waals surface area (Å²) < 4.78 is 5.51. The van der Waals surface area contributed by atoms with Crippen LogP contribution in [0.15, 0.2) is 209 Å². The lowest BCUT2D eigenvalue weighted by Crippen LogP contribution is -2.56. The Bertz CT molecular complexity index is 3480. The first-order chi connectivity index (χ1) is 37.4. The smallest absolute Gasteiger partial charge is 0.244 e. The zero-order valence-electron chi connectivity index (χ0n) is 44.2. The van der Waals surface area contributed by atoms with Gasteiger partial charge in [-0.05, 0) is 77.9 Å². The number of ketones is 2. The lowest BCUT2D eigenvalue weighted by Gasteiger charge is -2.48. The van der Waals surface area contributed by atoms with Gasteiger partial charge < -0.3 is 29.2 Å². The van der Waals surface area contributed by atoms with E-state index in [2.05, 4.69) is 50.1 Å². The normalized spacial score (nSPS) is 24.1. The molecule has 0 saturated carbocycles. The highest BCUT2D eigenvalue weighted by atomic mass is 16.5. The number of carbonyl (C=O) groups excluding carboxylic acids is 5. The van der Waals surface area contributed by atoms with Crippen LogP contribution in [0.2, 0.25) is 0 Å². The number of rotatable bonds is 5. The molecule has 0 fully saturated rings. The van der Waals surface area contributed by atoms with E-state index in [1.54, 1.807) is 92.8 Å². The van der Waals surface area contributed by atoms with E-state index in [-0.39, 0.29) is 46.1 Å². The third kappa shape index (κ3) is 7.97. The maximum absolute atomic E-state index is 13.9. The second-order valence-corrected chi connectivity index (χ2v) is 21.6. The van der Waals surface area contributed by atoms with Crippen LogP contribution in [0.4, 0.5) is 11.4 Å². The average molecular weight is 1030 g/mol. The quantitative estimate of drug-likeness (QED) is 0.131. The highest BCUT2D eigenvalue weighted by Gasteiger charge is 2.59. The van der Waals surface area contributed by atoms with Gasteiger partial charge in [-0.1, -0.05) is 154 Å².